The van der Waals surface area contributed by atoms with Gasteiger partial charge in [0.05, 0.1) is 9.40 Å². The lowest BCUT2D eigenvalue weighted by Gasteiger charge is -2.24. The van der Waals surface area contributed by atoms with Crippen LogP contribution < -0.4 is 4.74 Å². The SMILES string of the molecule is O=[N+]([O-])c1cccc(Br)c1OC(C(F)(F)F)C(F)(F)F. The molecule has 11 heteroatoms. The lowest BCUT2D eigenvalue weighted by Crippen LogP contribution is -2.46. The highest BCUT2D eigenvalue weighted by Crippen LogP contribution is 2.41. The van der Waals surface area contributed by atoms with Crippen molar-refractivity contribution >= 4 is 21.6 Å². The standard InChI is InChI=1S/C9H4BrF6NO3/c10-4-2-1-3-5(17(18)19)6(4)20-7(8(11,12)13)9(14,15)16/h1-3,7H. The van der Waals surface area contributed by atoms with E-state index >= 15 is 0 Å². The maximum absolute atomic E-state index is 12.3. The minimum Gasteiger partial charge on any atom is -0.463 e. The number of nitro groups is 1. The molecule has 0 fully saturated rings. The Bertz CT molecular complexity index is 501. The molecule has 0 amide bonds. The van der Waals surface area contributed by atoms with Crippen LogP contribution in [0.25, 0.3) is 0 Å². The minimum atomic E-state index is -5.76. The normalized spacial score (nSPS) is 12.6. The Morgan fingerprint density at radius 1 is 1.15 bits per heavy atom. The summed E-state index contributed by atoms with van der Waals surface area (Å²) >= 11 is 2.61. The molecule has 0 N–H and O–H groups in total. The van der Waals surface area contributed by atoms with Gasteiger partial charge in [0.2, 0.25) is 5.75 Å². The molecule has 0 spiro atoms. The van der Waals surface area contributed by atoms with Crippen LogP contribution in [0.1, 0.15) is 0 Å². The average molecular weight is 368 g/mol. The Kier molecular flexibility index (Phi) is 4.52. The van der Waals surface area contributed by atoms with Crippen LogP contribution in [0, 0.1) is 10.1 Å². The van der Waals surface area contributed by atoms with E-state index in [1.54, 1.807) is 0 Å². The summed E-state index contributed by atoms with van der Waals surface area (Å²) in [7, 11) is 0. The van der Waals surface area contributed by atoms with Crippen molar-refractivity contribution in [2.24, 2.45) is 0 Å². The topological polar surface area (TPSA) is 52.4 Å². The van der Waals surface area contributed by atoms with Crippen molar-refractivity contribution in [1.29, 1.82) is 0 Å². The van der Waals surface area contributed by atoms with Crippen molar-refractivity contribution in [3.8, 4) is 5.75 Å². The number of benzene rings is 1. The average Bonchev–Trinajstić information content (AvgIpc) is 2.23. The van der Waals surface area contributed by atoms with Gasteiger partial charge in [0.1, 0.15) is 0 Å². The minimum absolute atomic E-state index is 0.398. The molecule has 1 aromatic rings. The Morgan fingerprint density at radius 2 is 1.65 bits per heavy atom. The van der Waals surface area contributed by atoms with Gasteiger partial charge >= 0.3 is 18.0 Å². The van der Waals surface area contributed by atoms with Gasteiger partial charge in [-0.1, -0.05) is 6.07 Å². The molecular formula is C9H4BrF6NO3. The maximum Gasteiger partial charge on any atom is 0.434 e. The second-order valence-corrected chi connectivity index (χ2v) is 4.28. The molecule has 0 bridgehead atoms. The van der Waals surface area contributed by atoms with E-state index in [0.717, 1.165) is 18.2 Å². The highest BCUT2D eigenvalue weighted by atomic mass is 79.9. The van der Waals surface area contributed by atoms with Crippen LogP contribution in [-0.2, 0) is 0 Å². The molecule has 0 saturated carbocycles. The zero-order valence-corrected chi connectivity index (χ0v) is 10.7. The first-order valence-electron chi connectivity index (χ1n) is 4.67. The highest BCUT2D eigenvalue weighted by molar-refractivity contribution is 9.10. The molecule has 0 radical (unpaired) electrons. The second kappa shape index (κ2) is 5.46. The van der Waals surface area contributed by atoms with Crippen LogP contribution in [0.5, 0.6) is 5.75 Å². The molecule has 0 heterocycles. The van der Waals surface area contributed by atoms with Gasteiger partial charge in [0.25, 0.3) is 6.10 Å². The lowest BCUT2D eigenvalue weighted by molar-refractivity contribution is -0.387. The Hall–Kier alpha value is -1.52. The summed E-state index contributed by atoms with van der Waals surface area (Å²) in [6.45, 7) is 0. The van der Waals surface area contributed by atoms with Crippen molar-refractivity contribution in [2.75, 3.05) is 0 Å². The van der Waals surface area contributed by atoms with Crippen molar-refractivity contribution in [1.82, 2.24) is 0 Å². The summed E-state index contributed by atoms with van der Waals surface area (Å²) in [6.07, 6.45) is -15.7. The molecular weight excluding hydrogens is 364 g/mol. The molecule has 20 heavy (non-hydrogen) atoms. The fourth-order valence-electron chi connectivity index (χ4n) is 1.19. The second-order valence-electron chi connectivity index (χ2n) is 3.43. The summed E-state index contributed by atoms with van der Waals surface area (Å²) in [5, 5.41) is 10.6. The monoisotopic (exact) mass is 367 g/mol. The van der Waals surface area contributed by atoms with E-state index in [0.29, 0.717) is 0 Å². The third-order valence-corrected chi connectivity index (χ3v) is 2.60. The van der Waals surface area contributed by atoms with Gasteiger partial charge in [-0.3, -0.25) is 10.1 Å². The first-order chi connectivity index (χ1) is 8.94. The van der Waals surface area contributed by atoms with E-state index in [4.69, 9.17) is 0 Å². The third kappa shape index (κ3) is 3.74. The van der Waals surface area contributed by atoms with Crippen LogP contribution in [0.15, 0.2) is 22.7 Å². The molecule has 0 aromatic heterocycles. The summed E-state index contributed by atoms with van der Waals surface area (Å²) in [5.74, 6) is -1.14. The van der Waals surface area contributed by atoms with Gasteiger partial charge in [-0.05, 0) is 22.0 Å². The summed E-state index contributed by atoms with van der Waals surface area (Å²) in [4.78, 5) is 9.45. The van der Waals surface area contributed by atoms with Crippen LogP contribution in [0.2, 0.25) is 0 Å². The van der Waals surface area contributed by atoms with Gasteiger partial charge in [-0.2, -0.15) is 26.3 Å². The fourth-order valence-corrected chi connectivity index (χ4v) is 1.64. The number of hydrogen-bond acceptors (Lipinski definition) is 3. The summed E-state index contributed by atoms with van der Waals surface area (Å²) < 4.78 is 77.4. The summed E-state index contributed by atoms with van der Waals surface area (Å²) in [6, 6.07) is 2.82. The Balaban J connectivity index is 3.29. The largest absolute Gasteiger partial charge is 0.463 e. The number of para-hydroxylation sites is 1. The first-order valence-corrected chi connectivity index (χ1v) is 5.47. The zero-order valence-electron chi connectivity index (χ0n) is 9.13. The Labute approximate surface area is 115 Å². The predicted molar refractivity (Wildman–Crippen MR) is 57.3 cm³/mol. The molecule has 112 valence electrons. The quantitative estimate of drug-likeness (QED) is 0.456. The van der Waals surface area contributed by atoms with Crippen molar-refractivity contribution in [3.05, 3.63) is 32.8 Å². The molecule has 0 aliphatic rings. The number of nitrogens with zero attached hydrogens (tertiary/aromatic N) is 1. The molecule has 0 saturated heterocycles. The predicted octanol–water partition coefficient (Wildman–Crippen LogP) is 4.23. The fraction of sp³-hybridized carbons (Fsp3) is 0.333. The van der Waals surface area contributed by atoms with Gasteiger partial charge < -0.3 is 4.74 Å². The molecule has 4 nitrogen and oxygen atoms in total. The zero-order chi connectivity index (χ0) is 15.7. The van der Waals surface area contributed by atoms with E-state index in [9.17, 15) is 36.5 Å². The van der Waals surface area contributed by atoms with E-state index in [2.05, 4.69) is 20.7 Å². The van der Waals surface area contributed by atoms with Crippen molar-refractivity contribution in [3.63, 3.8) is 0 Å². The highest BCUT2D eigenvalue weighted by Gasteiger charge is 2.59. The number of alkyl halides is 6. The van der Waals surface area contributed by atoms with Crippen LogP contribution >= 0.6 is 15.9 Å². The molecule has 0 unspecified atom stereocenters. The van der Waals surface area contributed by atoms with E-state index < -0.39 is 39.3 Å². The van der Waals surface area contributed by atoms with E-state index in [-0.39, 0.29) is 0 Å². The summed E-state index contributed by atoms with van der Waals surface area (Å²) in [5.41, 5.74) is -1.02. The first kappa shape index (κ1) is 16.5. The van der Waals surface area contributed by atoms with E-state index in [1.807, 2.05) is 0 Å². The molecule has 0 aliphatic carbocycles. The Morgan fingerprint density at radius 3 is 2.05 bits per heavy atom. The van der Waals surface area contributed by atoms with Gasteiger partial charge in [-0.25, -0.2) is 0 Å². The smallest absolute Gasteiger partial charge is 0.434 e. The van der Waals surface area contributed by atoms with Crippen LogP contribution in [-0.4, -0.2) is 23.4 Å². The number of nitro benzene ring substituents is 1. The van der Waals surface area contributed by atoms with Crippen molar-refractivity contribution < 1.29 is 36.0 Å². The van der Waals surface area contributed by atoms with Gasteiger partial charge in [-0.15, -0.1) is 0 Å². The molecule has 0 atom stereocenters. The van der Waals surface area contributed by atoms with Gasteiger partial charge in [0, 0.05) is 6.07 Å². The number of ether oxygens (including phenoxy) is 1. The van der Waals surface area contributed by atoms with Crippen molar-refractivity contribution in [2.45, 2.75) is 18.5 Å². The number of halogens is 7. The van der Waals surface area contributed by atoms with E-state index in [1.165, 1.54) is 0 Å². The maximum atomic E-state index is 12.3. The van der Waals surface area contributed by atoms with Crippen LogP contribution in [0.3, 0.4) is 0 Å². The van der Waals surface area contributed by atoms with Gasteiger partial charge in [0.15, 0.2) is 0 Å². The lowest BCUT2D eigenvalue weighted by atomic mass is 10.2. The number of rotatable bonds is 3. The number of hydrogen-bond donors (Lipinski definition) is 0. The molecule has 0 aliphatic heterocycles. The van der Waals surface area contributed by atoms with Crippen LogP contribution in [0.4, 0.5) is 32.0 Å². The molecule has 1 rings (SSSR count). The third-order valence-electron chi connectivity index (χ3n) is 1.97. The molecule has 1 aromatic carbocycles.